The molecule has 0 bridgehead atoms. The Balaban J connectivity index is 0.00000441. The first-order chi connectivity index (χ1) is 18.5. The van der Waals surface area contributed by atoms with Crippen LogP contribution in [0.3, 0.4) is 0 Å². The summed E-state index contributed by atoms with van der Waals surface area (Å²) in [6, 6.07) is 15.6. The van der Waals surface area contributed by atoms with Gasteiger partial charge >= 0.3 is 29.6 Å². The van der Waals surface area contributed by atoms with Gasteiger partial charge in [0.05, 0.1) is 33.7 Å². The molecule has 9 nitrogen and oxygen atoms in total. The average molecular weight is 610 g/mol. The number of benzene rings is 4. The van der Waals surface area contributed by atoms with E-state index >= 15 is 0 Å². The molecule has 4 rings (SSSR count). The molecule has 0 saturated heterocycles. The van der Waals surface area contributed by atoms with E-state index in [0.29, 0.717) is 35.1 Å². The zero-order valence-electron chi connectivity index (χ0n) is 21.7. The number of rotatable bonds is 8. The molecule has 40 heavy (non-hydrogen) atoms. The molecular formula is C27H22Cl2N3NaO6S. The van der Waals surface area contributed by atoms with E-state index in [4.69, 9.17) is 27.9 Å². The monoisotopic (exact) mass is 609 g/mol. The third kappa shape index (κ3) is 6.95. The minimum absolute atomic E-state index is 0. The Hall–Kier alpha value is -2.70. The molecule has 2 N–H and O–H groups in total. The van der Waals surface area contributed by atoms with Crippen LogP contribution in [0, 0.1) is 0 Å². The van der Waals surface area contributed by atoms with Gasteiger partial charge in [0.2, 0.25) is 0 Å². The summed E-state index contributed by atoms with van der Waals surface area (Å²) in [5, 5.41) is 25.4. The number of azo groups is 1. The van der Waals surface area contributed by atoms with Crippen LogP contribution < -0.4 is 44.7 Å². The first-order valence-electron chi connectivity index (χ1n) is 11.7. The van der Waals surface area contributed by atoms with Crippen molar-refractivity contribution < 1.29 is 57.2 Å². The smallest absolute Gasteiger partial charge is 0.870 e. The average Bonchev–Trinajstić information content (AvgIpc) is 2.89. The van der Waals surface area contributed by atoms with E-state index < -0.39 is 26.7 Å². The number of anilines is 1. The van der Waals surface area contributed by atoms with Crippen molar-refractivity contribution in [1.82, 2.24) is 0 Å². The summed E-state index contributed by atoms with van der Waals surface area (Å²) < 4.78 is 38.7. The Morgan fingerprint density at radius 1 is 1.05 bits per heavy atom. The van der Waals surface area contributed by atoms with Gasteiger partial charge in [-0.15, -0.1) is 0 Å². The van der Waals surface area contributed by atoms with Crippen LogP contribution in [-0.2, 0) is 16.5 Å². The van der Waals surface area contributed by atoms with E-state index in [9.17, 15) is 22.9 Å². The Labute approximate surface area is 263 Å². The van der Waals surface area contributed by atoms with Gasteiger partial charge < -0.3 is 15.2 Å². The molecule has 202 valence electrons. The fourth-order valence-electron chi connectivity index (χ4n) is 3.87. The number of nitrogens with zero attached hydrogens (tertiary/aromatic N) is 2. The molecule has 0 atom stereocenters. The fraction of sp³-hybridized carbons (Fsp3) is 0.148. The van der Waals surface area contributed by atoms with Gasteiger partial charge in [0.25, 0.3) is 16.0 Å². The normalized spacial score (nSPS) is 11.4. The maximum absolute atomic E-state index is 13.5. The second kappa shape index (κ2) is 13.3. The first-order valence-corrected chi connectivity index (χ1v) is 13.9. The summed E-state index contributed by atoms with van der Waals surface area (Å²) in [7, 11) is -4.64. The molecule has 0 saturated carbocycles. The van der Waals surface area contributed by atoms with Crippen molar-refractivity contribution in [2.45, 2.75) is 25.2 Å². The molecule has 0 aliphatic carbocycles. The van der Waals surface area contributed by atoms with E-state index in [1.165, 1.54) is 12.1 Å². The maximum Gasteiger partial charge on any atom is 1.00 e. The quantitative estimate of drug-likeness (QED) is 0.175. The van der Waals surface area contributed by atoms with Gasteiger partial charge in [-0.3, -0.25) is 9.35 Å². The van der Waals surface area contributed by atoms with Crippen LogP contribution in [0.15, 0.2) is 75.8 Å². The predicted octanol–water partition coefficient (Wildman–Crippen LogP) is 4.10. The van der Waals surface area contributed by atoms with Gasteiger partial charge in [-0.25, -0.2) is 0 Å². The number of nitrogens with one attached hydrogen (secondary N) is 1. The van der Waals surface area contributed by atoms with Crippen molar-refractivity contribution in [3.63, 3.8) is 0 Å². The van der Waals surface area contributed by atoms with Crippen LogP contribution in [-0.4, -0.2) is 25.5 Å². The zero-order chi connectivity index (χ0) is 28.3. The van der Waals surface area contributed by atoms with Crippen LogP contribution in [0.25, 0.3) is 10.8 Å². The standard InChI is InChI=1S/C27H23Cl2N3O6S.Na/c1-3-15-11-17(13-23(24(15)29)39(35,36)37)31-32-25-19-8-6-5-7-16(19)12-20(26(25)33)27(34)30-22-14-18(38-4-2)9-10-21(22)28;/h5-14,33H,3-4H2,1-2H3,(H,30,34)(H,35,36,37);/q;+1/p-1. The molecule has 4 aromatic rings. The Morgan fingerprint density at radius 3 is 2.45 bits per heavy atom. The van der Waals surface area contributed by atoms with Crippen molar-refractivity contribution in [3.8, 4) is 11.5 Å². The molecule has 4 aromatic carbocycles. The molecule has 0 aromatic heterocycles. The first kappa shape index (κ1) is 31.8. The van der Waals surface area contributed by atoms with Crippen molar-refractivity contribution >= 4 is 67.1 Å². The van der Waals surface area contributed by atoms with Gasteiger partial charge in [-0.05, 0) is 54.6 Å². The SMILES string of the molecule is CCOc1ccc(Cl)c(NC(=O)c2cc3ccccc3c(N=Nc3cc(CC)c(Cl)c(S(=O)(=O)O)c3)c2[O-])c1.[Na+]. The number of hydrogen-bond acceptors (Lipinski definition) is 7. The molecule has 0 unspecified atom stereocenters. The van der Waals surface area contributed by atoms with E-state index in [0.717, 1.165) is 6.07 Å². The van der Waals surface area contributed by atoms with Gasteiger partial charge in [-0.2, -0.15) is 18.6 Å². The molecular weight excluding hydrogens is 588 g/mol. The van der Waals surface area contributed by atoms with Crippen LogP contribution >= 0.6 is 23.2 Å². The van der Waals surface area contributed by atoms with Gasteiger partial charge in [0.1, 0.15) is 10.6 Å². The third-order valence-electron chi connectivity index (χ3n) is 5.74. The van der Waals surface area contributed by atoms with Crippen molar-refractivity contribution in [2.75, 3.05) is 11.9 Å². The third-order valence-corrected chi connectivity index (χ3v) is 7.51. The number of carbonyl (C=O) groups excluding carboxylic acids is 1. The van der Waals surface area contributed by atoms with Gasteiger partial charge in [-0.1, -0.05) is 60.1 Å². The van der Waals surface area contributed by atoms with E-state index in [2.05, 4.69) is 15.5 Å². The summed E-state index contributed by atoms with van der Waals surface area (Å²) in [6.07, 6.45) is 0.350. The van der Waals surface area contributed by atoms with E-state index in [1.54, 1.807) is 49.4 Å². The molecule has 0 heterocycles. The van der Waals surface area contributed by atoms with Crippen molar-refractivity contribution in [3.05, 3.63) is 81.8 Å². The molecule has 0 fully saturated rings. The summed E-state index contributed by atoms with van der Waals surface area (Å²) in [5.74, 6) is -0.927. The molecule has 13 heteroatoms. The van der Waals surface area contributed by atoms with Crippen LogP contribution in [0.2, 0.25) is 10.0 Å². The topological polar surface area (TPSA) is 140 Å². The van der Waals surface area contributed by atoms with Crippen LogP contribution in [0.5, 0.6) is 11.5 Å². The number of halogens is 2. The van der Waals surface area contributed by atoms with Crippen LogP contribution in [0.4, 0.5) is 17.1 Å². The van der Waals surface area contributed by atoms with Crippen molar-refractivity contribution in [2.24, 2.45) is 10.2 Å². The fourth-order valence-corrected chi connectivity index (χ4v) is 5.20. The number of ether oxygens (including phenoxy) is 1. The second-order valence-corrected chi connectivity index (χ2v) is 10.5. The molecule has 0 radical (unpaired) electrons. The number of fused-ring (bicyclic) bond motifs is 1. The zero-order valence-corrected chi connectivity index (χ0v) is 26.1. The molecule has 0 aliphatic rings. The second-order valence-electron chi connectivity index (χ2n) is 8.30. The molecule has 0 spiro atoms. The number of aryl methyl sites for hydroxylation is 1. The van der Waals surface area contributed by atoms with Crippen LogP contribution in [0.1, 0.15) is 29.8 Å². The number of hydrogen-bond donors (Lipinski definition) is 2. The van der Waals surface area contributed by atoms with Gasteiger partial charge in [0, 0.05) is 17.0 Å². The minimum Gasteiger partial charge on any atom is -0.870 e. The summed E-state index contributed by atoms with van der Waals surface area (Å²) in [5.41, 5.74) is 0.377. The Bertz CT molecular complexity index is 1730. The van der Waals surface area contributed by atoms with E-state index in [1.807, 2.05) is 6.92 Å². The molecule has 0 aliphatic heterocycles. The number of carbonyl (C=O) groups is 1. The van der Waals surface area contributed by atoms with E-state index in [-0.39, 0.29) is 62.2 Å². The summed E-state index contributed by atoms with van der Waals surface area (Å²) in [4.78, 5) is 12.7. The van der Waals surface area contributed by atoms with Gasteiger partial charge in [0.15, 0.2) is 0 Å². The Morgan fingerprint density at radius 2 is 1.77 bits per heavy atom. The molecule has 1 amide bonds. The minimum atomic E-state index is -4.64. The number of amides is 1. The largest absolute Gasteiger partial charge is 1.00 e. The maximum atomic E-state index is 13.5. The Kier molecular flexibility index (Phi) is 10.6. The summed E-state index contributed by atoms with van der Waals surface area (Å²) >= 11 is 12.4. The van der Waals surface area contributed by atoms with Crippen molar-refractivity contribution in [1.29, 1.82) is 0 Å². The predicted molar refractivity (Wildman–Crippen MR) is 149 cm³/mol. The summed E-state index contributed by atoms with van der Waals surface area (Å²) in [6.45, 7) is 3.98.